The van der Waals surface area contributed by atoms with Crippen molar-refractivity contribution < 1.29 is 19.1 Å². The number of aryl methyl sites for hydroxylation is 2. The number of nitrogens with one attached hydrogen (secondary N) is 1. The van der Waals surface area contributed by atoms with E-state index in [4.69, 9.17) is 21.1 Å². The van der Waals surface area contributed by atoms with Crippen LogP contribution in [0.1, 0.15) is 50.8 Å². The lowest BCUT2D eigenvalue weighted by Gasteiger charge is -2.33. The molecule has 2 rings (SSSR count). The molecule has 0 aliphatic carbocycles. The minimum absolute atomic E-state index is 0.191. The van der Waals surface area contributed by atoms with Gasteiger partial charge in [-0.2, -0.15) is 0 Å². The molecule has 0 heterocycles. The van der Waals surface area contributed by atoms with Crippen LogP contribution in [0.5, 0.6) is 11.5 Å². The summed E-state index contributed by atoms with van der Waals surface area (Å²) in [5, 5.41) is 3.67. The van der Waals surface area contributed by atoms with E-state index in [1.54, 1.807) is 24.1 Å². The molecule has 0 aliphatic rings. The molecule has 2 aromatic carbocycles. The molecule has 0 unspecified atom stereocenters. The second-order valence-corrected chi connectivity index (χ2v) is 9.57. The second kappa shape index (κ2) is 11.4. The van der Waals surface area contributed by atoms with Crippen molar-refractivity contribution in [1.82, 2.24) is 10.2 Å². The fraction of sp³-hybridized carbons (Fsp3) is 0.462. The van der Waals surface area contributed by atoms with Gasteiger partial charge < -0.3 is 19.7 Å². The molecule has 0 saturated carbocycles. The normalized spacial score (nSPS) is 12.1. The lowest BCUT2D eigenvalue weighted by molar-refractivity contribution is -0.143. The summed E-state index contributed by atoms with van der Waals surface area (Å²) in [5.41, 5.74) is 2.21. The molecule has 2 aromatic rings. The van der Waals surface area contributed by atoms with E-state index >= 15 is 0 Å². The summed E-state index contributed by atoms with van der Waals surface area (Å²) in [6.07, 6.45) is 0.469. The average Bonchev–Trinajstić information content (AvgIpc) is 2.74. The summed E-state index contributed by atoms with van der Waals surface area (Å²) < 4.78 is 11.1. The molecule has 1 atom stereocenters. The van der Waals surface area contributed by atoms with E-state index in [9.17, 15) is 9.59 Å². The van der Waals surface area contributed by atoms with Crippen LogP contribution in [0.4, 0.5) is 0 Å². The summed E-state index contributed by atoms with van der Waals surface area (Å²) in [7, 11) is 1.59. The average molecular weight is 475 g/mol. The number of ether oxygens (including phenoxy) is 2. The Kier molecular flexibility index (Phi) is 9.17. The van der Waals surface area contributed by atoms with E-state index in [2.05, 4.69) is 5.32 Å². The van der Waals surface area contributed by atoms with Crippen LogP contribution < -0.4 is 14.8 Å². The van der Waals surface area contributed by atoms with Gasteiger partial charge in [0.15, 0.2) is 6.61 Å². The number of benzene rings is 2. The SMILES string of the molecule is CC[C@@H](C(=O)NC(C)(C)C)N(Cc1cccc(OC)c1)C(=O)COc1cc(C)c(Cl)c(C)c1. The predicted octanol–water partition coefficient (Wildman–Crippen LogP) is 5.07. The number of halogens is 1. The highest BCUT2D eigenvalue weighted by Gasteiger charge is 2.31. The fourth-order valence-electron chi connectivity index (χ4n) is 3.56. The number of nitrogens with zero attached hydrogens (tertiary/aromatic N) is 1. The van der Waals surface area contributed by atoms with Gasteiger partial charge in [0.05, 0.1) is 7.11 Å². The first kappa shape index (κ1) is 26.5. The van der Waals surface area contributed by atoms with Gasteiger partial charge in [0.1, 0.15) is 17.5 Å². The third-order valence-corrected chi connectivity index (χ3v) is 5.74. The van der Waals surface area contributed by atoms with Crippen molar-refractivity contribution in [3.63, 3.8) is 0 Å². The number of hydrogen-bond acceptors (Lipinski definition) is 4. The van der Waals surface area contributed by atoms with E-state index in [1.807, 2.05) is 65.8 Å². The number of methoxy groups -OCH3 is 1. The zero-order valence-electron chi connectivity index (χ0n) is 20.6. The first-order chi connectivity index (χ1) is 15.4. The van der Waals surface area contributed by atoms with Gasteiger partial charge in [-0.1, -0.05) is 30.7 Å². The molecule has 2 amide bonds. The maximum absolute atomic E-state index is 13.3. The minimum Gasteiger partial charge on any atom is -0.497 e. The highest BCUT2D eigenvalue weighted by molar-refractivity contribution is 6.32. The molecule has 0 radical (unpaired) electrons. The van der Waals surface area contributed by atoms with Gasteiger partial charge in [-0.15, -0.1) is 0 Å². The summed E-state index contributed by atoms with van der Waals surface area (Å²) in [6.45, 7) is 11.5. The van der Waals surface area contributed by atoms with Gasteiger partial charge in [0.25, 0.3) is 5.91 Å². The summed E-state index contributed by atoms with van der Waals surface area (Å²) in [4.78, 5) is 28.0. The van der Waals surface area contributed by atoms with Crippen LogP contribution in [0.3, 0.4) is 0 Å². The largest absolute Gasteiger partial charge is 0.497 e. The van der Waals surface area contributed by atoms with E-state index in [-0.39, 0.29) is 25.0 Å². The van der Waals surface area contributed by atoms with Crippen molar-refractivity contribution in [1.29, 1.82) is 0 Å². The van der Waals surface area contributed by atoms with Crippen LogP contribution in [0.2, 0.25) is 5.02 Å². The van der Waals surface area contributed by atoms with E-state index in [0.29, 0.717) is 22.9 Å². The Bertz CT molecular complexity index is 961. The molecule has 6 nitrogen and oxygen atoms in total. The Hall–Kier alpha value is -2.73. The molecule has 7 heteroatoms. The molecule has 33 heavy (non-hydrogen) atoms. The number of hydrogen-bond donors (Lipinski definition) is 1. The van der Waals surface area contributed by atoms with Gasteiger partial charge >= 0.3 is 0 Å². The standard InChI is InChI=1S/C26H35ClN2O4/c1-8-22(25(31)28-26(4,5)6)29(15-19-10-9-11-20(14-19)32-7)23(30)16-33-21-12-17(2)24(27)18(3)13-21/h9-14,22H,8,15-16H2,1-7H3,(H,28,31)/t22-/m0/s1. The minimum atomic E-state index is -0.639. The van der Waals surface area contributed by atoms with Gasteiger partial charge in [-0.3, -0.25) is 9.59 Å². The summed E-state index contributed by atoms with van der Waals surface area (Å²) in [5.74, 6) is 0.783. The first-order valence-electron chi connectivity index (χ1n) is 11.1. The second-order valence-electron chi connectivity index (χ2n) is 9.20. The zero-order chi connectivity index (χ0) is 24.8. The van der Waals surface area contributed by atoms with Crippen LogP contribution in [0.15, 0.2) is 36.4 Å². The van der Waals surface area contributed by atoms with Crippen molar-refractivity contribution in [3.8, 4) is 11.5 Å². The molecule has 0 aliphatic heterocycles. The topological polar surface area (TPSA) is 67.9 Å². The van der Waals surface area contributed by atoms with Gasteiger partial charge in [-0.05, 0) is 82.0 Å². The van der Waals surface area contributed by atoms with Crippen molar-refractivity contribution >= 4 is 23.4 Å². The maximum atomic E-state index is 13.3. The van der Waals surface area contributed by atoms with Crippen LogP contribution in [0.25, 0.3) is 0 Å². The fourth-order valence-corrected chi connectivity index (χ4v) is 3.67. The monoisotopic (exact) mass is 474 g/mol. The molecular formula is C26H35ClN2O4. The summed E-state index contributed by atoms with van der Waals surface area (Å²) >= 11 is 6.24. The van der Waals surface area contributed by atoms with Gasteiger partial charge in [0.2, 0.25) is 5.91 Å². The molecule has 0 bridgehead atoms. The van der Waals surface area contributed by atoms with E-state index in [0.717, 1.165) is 16.7 Å². The zero-order valence-corrected chi connectivity index (χ0v) is 21.4. The molecule has 0 spiro atoms. The van der Waals surface area contributed by atoms with Crippen molar-refractivity contribution in [2.45, 2.75) is 66.1 Å². The Morgan fingerprint density at radius 3 is 2.27 bits per heavy atom. The maximum Gasteiger partial charge on any atom is 0.261 e. The first-order valence-corrected chi connectivity index (χ1v) is 11.5. The molecule has 0 saturated heterocycles. The van der Waals surface area contributed by atoms with Crippen LogP contribution in [-0.2, 0) is 16.1 Å². The molecule has 0 aromatic heterocycles. The molecule has 180 valence electrons. The van der Waals surface area contributed by atoms with Crippen molar-refractivity contribution in [3.05, 3.63) is 58.1 Å². The number of rotatable bonds is 9. The number of amides is 2. The van der Waals surface area contributed by atoms with Gasteiger partial charge in [-0.25, -0.2) is 0 Å². The third kappa shape index (κ3) is 7.67. The van der Waals surface area contributed by atoms with Crippen LogP contribution >= 0.6 is 11.6 Å². The Labute approximate surface area is 202 Å². The number of carbonyl (C=O) groups is 2. The highest BCUT2D eigenvalue weighted by Crippen LogP contribution is 2.26. The van der Waals surface area contributed by atoms with E-state index in [1.165, 1.54) is 0 Å². The third-order valence-electron chi connectivity index (χ3n) is 5.14. The smallest absolute Gasteiger partial charge is 0.261 e. The van der Waals surface area contributed by atoms with E-state index < -0.39 is 11.6 Å². The Morgan fingerprint density at radius 2 is 1.73 bits per heavy atom. The Morgan fingerprint density at radius 1 is 1.09 bits per heavy atom. The molecule has 1 N–H and O–H groups in total. The predicted molar refractivity (Wildman–Crippen MR) is 132 cm³/mol. The van der Waals surface area contributed by atoms with Crippen molar-refractivity contribution in [2.75, 3.05) is 13.7 Å². The lowest BCUT2D eigenvalue weighted by Crippen LogP contribution is -2.54. The summed E-state index contributed by atoms with van der Waals surface area (Å²) in [6, 6.07) is 10.4. The molecule has 0 fully saturated rings. The number of carbonyl (C=O) groups excluding carboxylic acids is 2. The van der Waals surface area contributed by atoms with Gasteiger partial charge in [0, 0.05) is 17.1 Å². The lowest BCUT2D eigenvalue weighted by atomic mass is 10.1. The van der Waals surface area contributed by atoms with Crippen LogP contribution in [-0.4, -0.2) is 42.0 Å². The highest BCUT2D eigenvalue weighted by atomic mass is 35.5. The quantitative estimate of drug-likeness (QED) is 0.551. The molecular weight excluding hydrogens is 440 g/mol. The van der Waals surface area contributed by atoms with Crippen molar-refractivity contribution in [2.24, 2.45) is 0 Å². The van der Waals surface area contributed by atoms with Crippen LogP contribution in [0, 0.1) is 13.8 Å². The Balaban J connectivity index is 2.29.